The molecule has 0 aromatic carbocycles. The topological polar surface area (TPSA) is 18.5 Å². The van der Waals surface area contributed by atoms with Crippen LogP contribution in [0.25, 0.3) is 0 Å². The molecule has 16 heavy (non-hydrogen) atoms. The molecule has 1 fully saturated rings. The van der Waals surface area contributed by atoms with Gasteiger partial charge < -0.3 is 9.47 Å². The van der Waals surface area contributed by atoms with Crippen LogP contribution in [0.15, 0.2) is 49.3 Å². The summed E-state index contributed by atoms with van der Waals surface area (Å²) in [5.41, 5.74) is 0. The van der Waals surface area contributed by atoms with Gasteiger partial charge in [0.2, 0.25) is 6.29 Å². The van der Waals surface area contributed by atoms with Gasteiger partial charge in [0.1, 0.15) is 5.76 Å². The summed E-state index contributed by atoms with van der Waals surface area (Å²) < 4.78 is 11.4. The lowest BCUT2D eigenvalue weighted by Gasteiger charge is -2.29. The molecule has 0 saturated carbocycles. The molecule has 88 valence electrons. The number of allylic oxidation sites excluding steroid dienone is 5. The molecule has 0 spiro atoms. The molecule has 0 N–H and O–H groups in total. The molecule has 2 nitrogen and oxygen atoms in total. The van der Waals surface area contributed by atoms with Crippen molar-refractivity contribution in [2.24, 2.45) is 5.92 Å². The molecule has 0 bridgehead atoms. The van der Waals surface area contributed by atoms with Gasteiger partial charge in [-0.15, -0.1) is 0 Å². The van der Waals surface area contributed by atoms with Crippen LogP contribution in [-0.4, -0.2) is 12.9 Å². The van der Waals surface area contributed by atoms with E-state index in [1.165, 1.54) is 0 Å². The Morgan fingerprint density at radius 2 is 2.19 bits per heavy atom. The van der Waals surface area contributed by atoms with Gasteiger partial charge >= 0.3 is 0 Å². The fourth-order valence-corrected chi connectivity index (χ4v) is 1.60. The van der Waals surface area contributed by atoms with E-state index in [4.69, 9.17) is 9.47 Å². The molecule has 1 aliphatic heterocycles. The number of hydrogen-bond acceptors (Lipinski definition) is 2. The summed E-state index contributed by atoms with van der Waals surface area (Å²) in [7, 11) is 0. The maximum Gasteiger partial charge on any atom is 0.202 e. The average Bonchev–Trinajstić information content (AvgIpc) is 2.29. The number of rotatable bonds is 5. The highest BCUT2D eigenvalue weighted by Crippen LogP contribution is 2.23. The molecule has 1 heterocycles. The Kier molecular flexibility index (Phi) is 5.65. The Hall–Kier alpha value is -1.28. The SMILES string of the molecule is C=C/C=C\C(=C/C=C)OC1OCCCC1C. The van der Waals surface area contributed by atoms with Gasteiger partial charge in [-0.25, -0.2) is 0 Å². The van der Waals surface area contributed by atoms with E-state index in [-0.39, 0.29) is 6.29 Å². The van der Waals surface area contributed by atoms with Crippen molar-refractivity contribution in [2.45, 2.75) is 26.1 Å². The molecule has 1 rings (SSSR count). The van der Waals surface area contributed by atoms with Crippen molar-refractivity contribution < 1.29 is 9.47 Å². The summed E-state index contributed by atoms with van der Waals surface area (Å²) in [6.45, 7) is 10.2. The van der Waals surface area contributed by atoms with Crippen LogP contribution in [0.3, 0.4) is 0 Å². The Morgan fingerprint density at radius 3 is 2.81 bits per heavy atom. The first-order valence-corrected chi connectivity index (χ1v) is 5.68. The van der Waals surface area contributed by atoms with E-state index in [1.807, 2.05) is 18.2 Å². The highest BCUT2D eigenvalue weighted by atomic mass is 16.7. The summed E-state index contributed by atoms with van der Waals surface area (Å²) >= 11 is 0. The van der Waals surface area contributed by atoms with E-state index in [9.17, 15) is 0 Å². The molecular formula is C14H20O2. The van der Waals surface area contributed by atoms with Gasteiger partial charge in [-0.05, 0) is 25.0 Å². The summed E-state index contributed by atoms with van der Waals surface area (Å²) in [4.78, 5) is 0. The van der Waals surface area contributed by atoms with Crippen molar-refractivity contribution in [3.05, 3.63) is 49.3 Å². The van der Waals surface area contributed by atoms with Gasteiger partial charge in [-0.3, -0.25) is 0 Å². The highest BCUT2D eigenvalue weighted by molar-refractivity contribution is 5.20. The van der Waals surface area contributed by atoms with Gasteiger partial charge in [-0.1, -0.05) is 38.3 Å². The van der Waals surface area contributed by atoms with Gasteiger partial charge in [0.15, 0.2) is 0 Å². The van der Waals surface area contributed by atoms with E-state index in [0.29, 0.717) is 5.92 Å². The first kappa shape index (κ1) is 12.8. The minimum absolute atomic E-state index is 0.144. The maximum atomic E-state index is 5.78. The summed E-state index contributed by atoms with van der Waals surface area (Å²) in [6.07, 6.45) is 11.1. The van der Waals surface area contributed by atoms with Crippen molar-refractivity contribution in [1.82, 2.24) is 0 Å². The smallest absolute Gasteiger partial charge is 0.202 e. The van der Waals surface area contributed by atoms with E-state index in [1.54, 1.807) is 12.2 Å². The van der Waals surface area contributed by atoms with Crippen LogP contribution in [0.1, 0.15) is 19.8 Å². The first-order valence-electron chi connectivity index (χ1n) is 5.68. The second-order valence-corrected chi connectivity index (χ2v) is 3.88. The first-order chi connectivity index (χ1) is 7.77. The second-order valence-electron chi connectivity index (χ2n) is 3.88. The third-order valence-corrected chi connectivity index (χ3v) is 2.48. The Labute approximate surface area is 97.9 Å². The number of hydrogen-bond donors (Lipinski definition) is 0. The van der Waals surface area contributed by atoms with Crippen molar-refractivity contribution in [3.63, 3.8) is 0 Å². The lowest BCUT2D eigenvalue weighted by Crippen LogP contribution is -2.29. The molecule has 2 atom stereocenters. The van der Waals surface area contributed by atoms with E-state index in [0.717, 1.165) is 25.2 Å². The third-order valence-electron chi connectivity index (χ3n) is 2.48. The molecule has 0 radical (unpaired) electrons. The van der Waals surface area contributed by atoms with Crippen LogP contribution in [0, 0.1) is 5.92 Å². The lowest BCUT2D eigenvalue weighted by molar-refractivity contribution is -0.164. The number of ether oxygens (including phenoxy) is 2. The van der Waals surface area contributed by atoms with Gasteiger partial charge in [0.05, 0.1) is 6.61 Å². The minimum atomic E-state index is -0.144. The molecule has 0 amide bonds. The van der Waals surface area contributed by atoms with Crippen molar-refractivity contribution in [2.75, 3.05) is 6.61 Å². The molecular weight excluding hydrogens is 200 g/mol. The molecule has 2 heteroatoms. The lowest BCUT2D eigenvalue weighted by atomic mass is 10.0. The Balaban J connectivity index is 2.59. The monoisotopic (exact) mass is 220 g/mol. The van der Waals surface area contributed by atoms with Crippen molar-refractivity contribution >= 4 is 0 Å². The van der Waals surface area contributed by atoms with Gasteiger partial charge in [0.25, 0.3) is 0 Å². The molecule has 0 aromatic heterocycles. The van der Waals surface area contributed by atoms with Gasteiger partial charge in [0, 0.05) is 5.92 Å². The Bertz CT molecular complexity index is 289. The van der Waals surface area contributed by atoms with Gasteiger partial charge in [-0.2, -0.15) is 0 Å². The fraction of sp³-hybridized carbons (Fsp3) is 0.429. The van der Waals surface area contributed by atoms with E-state index < -0.39 is 0 Å². The maximum absolute atomic E-state index is 5.78. The van der Waals surface area contributed by atoms with Crippen LogP contribution >= 0.6 is 0 Å². The fourth-order valence-electron chi connectivity index (χ4n) is 1.60. The largest absolute Gasteiger partial charge is 0.465 e. The highest BCUT2D eigenvalue weighted by Gasteiger charge is 2.23. The quantitative estimate of drug-likeness (QED) is 0.520. The van der Waals surface area contributed by atoms with Crippen LogP contribution in [0.2, 0.25) is 0 Å². The molecule has 0 aromatic rings. The van der Waals surface area contributed by atoms with Crippen LogP contribution in [-0.2, 0) is 9.47 Å². The standard InChI is InChI=1S/C14H20O2/c1-4-6-10-13(8-5-2)16-14-12(3)9-7-11-15-14/h4-6,8,10,12,14H,1-2,7,9,11H2,3H3/b10-6-,13-8+. The summed E-state index contributed by atoms with van der Waals surface area (Å²) in [6, 6.07) is 0. The van der Waals surface area contributed by atoms with E-state index in [2.05, 4.69) is 20.1 Å². The Morgan fingerprint density at radius 1 is 1.38 bits per heavy atom. The van der Waals surface area contributed by atoms with Crippen molar-refractivity contribution in [1.29, 1.82) is 0 Å². The molecule has 1 aliphatic rings. The molecule has 0 aliphatic carbocycles. The predicted octanol–water partition coefficient (Wildman–Crippen LogP) is 3.59. The minimum Gasteiger partial charge on any atom is -0.465 e. The van der Waals surface area contributed by atoms with Crippen LogP contribution in [0.4, 0.5) is 0 Å². The molecule has 2 unspecified atom stereocenters. The third kappa shape index (κ3) is 4.07. The average molecular weight is 220 g/mol. The van der Waals surface area contributed by atoms with Crippen LogP contribution < -0.4 is 0 Å². The zero-order valence-corrected chi connectivity index (χ0v) is 9.89. The predicted molar refractivity (Wildman–Crippen MR) is 66.8 cm³/mol. The second kappa shape index (κ2) is 7.07. The summed E-state index contributed by atoms with van der Waals surface area (Å²) in [5.74, 6) is 1.19. The zero-order chi connectivity index (χ0) is 11.8. The van der Waals surface area contributed by atoms with E-state index >= 15 is 0 Å². The molecule has 1 saturated heterocycles. The van der Waals surface area contributed by atoms with Crippen LogP contribution in [0.5, 0.6) is 0 Å². The zero-order valence-electron chi connectivity index (χ0n) is 9.89. The van der Waals surface area contributed by atoms with Crippen molar-refractivity contribution in [3.8, 4) is 0 Å². The normalized spacial score (nSPS) is 26.7. The summed E-state index contributed by atoms with van der Waals surface area (Å²) in [5, 5.41) is 0.